The predicted octanol–water partition coefficient (Wildman–Crippen LogP) is 1.42. The summed E-state index contributed by atoms with van der Waals surface area (Å²) in [6.07, 6.45) is 0. The van der Waals surface area contributed by atoms with Gasteiger partial charge in [-0.1, -0.05) is 19.9 Å². The molecule has 0 bridgehead atoms. The zero-order valence-corrected chi connectivity index (χ0v) is 10.2. The third-order valence-corrected chi connectivity index (χ3v) is 3.75. The van der Waals surface area contributed by atoms with Crippen LogP contribution in [0.15, 0.2) is 28.0 Å². The number of para-hydroxylation sites is 1. The number of thioether (sulfide) groups is 1. The molecule has 0 radical (unpaired) electrons. The van der Waals surface area contributed by atoms with Crippen LogP contribution in [0.2, 0.25) is 0 Å². The van der Waals surface area contributed by atoms with E-state index in [-0.39, 0.29) is 10.6 Å². The van der Waals surface area contributed by atoms with Crippen LogP contribution >= 0.6 is 11.8 Å². The van der Waals surface area contributed by atoms with Crippen molar-refractivity contribution < 1.29 is 8.42 Å². The van der Waals surface area contributed by atoms with Gasteiger partial charge in [0.1, 0.15) is 4.90 Å². The van der Waals surface area contributed by atoms with Crippen molar-refractivity contribution in [1.29, 1.82) is 0 Å². The standard InChI is InChI=1S/C9H14N2O2S2/c1-6(2)14-7-4-3-5-8(9(7)10)15(11,12)13/h3-6H,10H2,1-2H3,(H2,11,12,13). The summed E-state index contributed by atoms with van der Waals surface area (Å²) in [7, 11) is -3.73. The number of sulfonamides is 1. The Morgan fingerprint density at radius 3 is 2.40 bits per heavy atom. The van der Waals surface area contributed by atoms with E-state index in [4.69, 9.17) is 10.9 Å². The molecule has 0 saturated heterocycles. The van der Waals surface area contributed by atoms with Crippen LogP contribution in [0.3, 0.4) is 0 Å². The van der Waals surface area contributed by atoms with Crippen LogP contribution in [0.1, 0.15) is 13.8 Å². The Morgan fingerprint density at radius 1 is 1.33 bits per heavy atom. The smallest absolute Gasteiger partial charge is 0.240 e. The van der Waals surface area contributed by atoms with Gasteiger partial charge in [0, 0.05) is 10.1 Å². The molecule has 0 saturated carbocycles. The van der Waals surface area contributed by atoms with Gasteiger partial charge >= 0.3 is 0 Å². The van der Waals surface area contributed by atoms with Crippen molar-refractivity contribution >= 4 is 27.5 Å². The van der Waals surface area contributed by atoms with Gasteiger partial charge in [0.05, 0.1) is 5.69 Å². The number of hydrogen-bond acceptors (Lipinski definition) is 4. The van der Waals surface area contributed by atoms with Gasteiger partial charge < -0.3 is 5.73 Å². The molecule has 4 N–H and O–H groups in total. The highest BCUT2D eigenvalue weighted by atomic mass is 32.2. The minimum Gasteiger partial charge on any atom is -0.397 e. The maximum Gasteiger partial charge on any atom is 0.240 e. The molecule has 0 amide bonds. The van der Waals surface area contributed by atoms with Crippen molar-refractivity contribution in [2.75, 3.05) is 5.73 Å². The van der Waals surface area contributed by atoms with Crippen LogP contribution in [0.5, 0.6) is 0 Å². The van der Waals surface area contributed by atoms with Gasteiger partial charge in [0.15, 0.2) is 0 Å². The lowest BCUT2D eigenvalue weighted by atomic mass is 10.3. The molecule has 0 aliphatic carbocycles. The van der Waals surface area contributed by atoms with Crippen molar-refractivity contribution in [2.24, 2.45) is 5.14 Å². The van der Waals surface area contributed by atoms with Gasteiger partial charge in [0.2, 0.25) is 10.0 Å². The minimum absolute atomic E-state index is 0.00634. The molecule has 0 unspecified atom stereocenters. The Balaban J connectivity index is 3.24. The summed E-state index contributed by atoms with van der Waals surface area (Å²) >= 11 is 1.51. The number of rotatable bonds is 3. The molecule has 1 aromatic carbocycles. The van der Waals surface area contributed by atoms with E-state index in [1.54, 1.807) is 12.1 Å². The van der Waals surface area contributed by atoms with Gasteiger partial charge in [-0.15, -0.1) is 11.8 Å². The Morgan fingerprint density at radius 2 is 1.93 bits per heavy atom. The van der Waals surface area contributed by atoms with E-state index in [1.807, 2.05) is 13.8 Å². The maximum atomic E-state index is 11.2. The summed E-state index contributed by atoms with van der Waals surface area (Å²) in [5.74, 6) is 0. The molecule has 1 aromatic rings. The average Bonchev–Trinajstić information content (AvgIpc) is 2.05. The van der Waals surface area contributed by atoms with Crippen LogP contribution in [0.25, 0.3) is 0 Å². The van der Waals surface area contributed by atoms with E-state index in [2.05, 4.69) is 0 Å². The summed E-state index contributed by atoms with van der Waals surface area (Å²) in [5.41, 5.74) is 5.97. The van der Waals surface area contributed by atoms with Crippen LogP contribution < -0.4 is 10.9 Å². The summed E-state index contributed by atoms with van der Waals surface area (Å²) in [6.45, 7) is 4.02. The van der Waals surface area contributed by atoms with E-state index in [1.165, 1.54) is 17.8 Å². The SMILES string of the molecule is CC(C)Sc1cccc(S(N)(=O)=O)c1N. The Hall–Kier alpha value is -0.720. The van der Waals surface area contributed by atoms with Gasteiger partial charge in [-0.25, -0.2) is 13.6 Å². The number of nitrogens with two attached hydrogens (primary N) is 2. The van der Waals surface area contributed by atoms with Crippen LogP contribution in [-0.2, 0) is 10.0 Å². The molecule has 0 heterocycles. The lowest BCUT2D eigenvalue weighted by Gasteiger charge is -2.10. The van der Waals surface area contributed by atoms with Gasteiger partial charge in [-0.2, -0.15) is 0 Å². The zero-order valence-electron chi connectivity index (χ0n) is 8.60. The van der Waals surface area contributed by atoms with Crippen molar-refractivity contribution in [1.82, 2.24) is 0 Å². The van der Waals surface area contributed by atoms with E-state index in [0.29, 0.717) is 5.25 Å². The first-order chi connectivity index (χ1) is 6.82. The summed E-state index contributed by atoms with van der Waals surface area (Å²) in [6, 6.07) is 4.84. The topological polar surface area (TPSA) is 86.2 Å². The molecule has 4 nitrogen and oxygen atoms in total. The minimum atomic E-state index is -3.73. The highest BCUT2D eigenvalue weighted by Crippen LogP contribution is 2.32. The molecule has 0 spiro atoms. The fraction of sp³-hybridized carbons (Fsp3) is 0.333. The monoisotopic (exact) mass is 246 g/mol. The normalized spacial score (nSPS) is 12.0. The van der Waals surface area contributed by atoms with Crippen LogP contribution in [0.4, 0.5) is 5.69 Å². The lowest BCUT2D eigenvalue weighted by Crippen LogP contribution is -2.14. The van der Waals surface area contributed by atoms with Crippen molar-refractivity contribution in [3.05, 3.63) is 18.2 Å². The van der Waals surface area contributed by atoms with Crippen LogP contribution in [-0.4, -0.2) is 13.7 Å². The molecule has 15 heavy (non-hydrogen) atoms. The largest absolute Gasteiger partial charge is 0.397 e. The summed E-state index contributed by atoms with van der Waals surface area (Å²) in [4.78, 5) is 0.740. The predicted molar refractivity (Wildman–Crippen MR) is 63.2 cm³/mol. The molecule has 1 rings (SSSR count). The molecule has 0 fully saturated rings. The van der Waals surface area contributed by atoms with E-state index < -0.39 is 10.0 Å². The Labute approximate surface area is 94.1 Å². The van der Waals surface area contributed by atoms with E-state index in [0.717, 1.165) is 4.90 Å². The number of anilines is 1. The van der Waals surface area contributed by atoms with Crippen molar-refractivity contribution in [3.8, 4) is 0 Å². The molecule has 84 valence electrons. The zero-order chi connectivity index (χ0) is 11.6. The van der Waals surface area contributed by atoms with Gasteiger partial charge in [-0.05, 0) is 12.1 Å². The highest BCUT2D eigenvalue weighted by molar-refractivity contribution is 8.00. The molecule has 6 heteroatoms. The first-order valence-corrected chi connectivity index (χ1v) is 6.83. The molecule has 0 aliphatic rings. The lowest BCUT2D eigenvalue weighted by molar-refractivity contribution is 0.598. The number of nitrogen functional groups attached to an aromatic ring is 1. The van der Waals surface area contributed by atoms with Gasteiger partial charge in [-0.3, -0.25) is 0 Å². The fourth-order valence-corrected chi connectivity index (χ4v) is 2.78. The molecular weight excluding hydrogens is 232 g/mol. The quantitative estimate of drug-likeness (QED) is 0.623. The van der Waals surface area contributed by atoms with Gasteiger partial charge in [0.25, 0.3) is 0 Å². The third-order valence-electron chi connectivity index (χ3n) is 1.70. The first kappa shape index (κ1) is 12.4. The Bertz CT molecular complexity index is 455. The van der Waals surface area contributed by atoms with Crippen molar-refractivity contribution in [3.63, 3.8) is 0 Å². The summed E-state index contributed by atoms with van der Waals surface area (Å²) < 4.78 is 22.4. The van der Waals surface area contributed by atoms with Crippen LogP contribution in [0, 0.1) is 0 Å². The molecule has 0 atom stereocenters. The average molecular weight is 246 g/mol. The summed E-state index contributed by atoms with van der Waals surface area (Å²) in [5, 5.41) is 5.38. The number of primary sulfonamides is 1. The maximum absolute atomic E-state index is 11.2. The first-order valence-electron chi connectivity index (χ1n) is 4.40. The fourth-order valence-electron chi connectivity index (χ4n) is 1.13. The Kier molecular flexibility index (Phi) is 3.64. The molecule has 0 aromatic heterocycles. The second-order valence-corrected chi connectivity index (χ2v) is 6.53. The second-order valence-electron chi connectivity index (χ2n) is 3.38. The molecule has 0 aliphatic heterocycles. The van der Waals surface area contributed by atoms with E-state index in [9.17, 15) is 8.42 Å². The van der Waals surface area contributed by atoms with E-state index >= 15 is 0 Å². The highest BCUT2D eigenvalue weighted by Gasteiger charge is 2.15. The third kappa shape index (κ3) is 3.12. The molecular formula is C9H14N2O2S2. The number of benzene rings is 1. The van der Waals surface area contributed by atoms with Crippen molar-refractivity contribution in [2.45, 2.75) is 28.9 Å². The number of hydrogen-bond donors (Lipinski definition) is 2. The second kappa shape index (κ2) is 4.42.